The minimum absolute atomic E-state index is 0.194. The molecule has 4 rings (SSSR count). The molecule has 1 aliphatic rings. The van der Waals surface area contributed by atoms with E-state index in [2.05, 4.69) is 15.3 Å². The monoisotopic (exact) mass is 330 g/mol. The highest BCUT2D eigenvalue weighted by molar-refractivity contribution is 7.16. The summed E-state index contributed by atoms with van der Waals surface area (Å²) in [6.45, 7) is 0. The lowest BCUT2D eigenvalue weighted by molar-refractivity contribution is 0.102. The summed E-state index contributed by atoms with van der Waals surface area (Å²) in [6.07, 6.45) is 8.34. The van der Waals surface area contributed by atoms with Gasteiger partial charge in [0, 0.05) is 22.7 Å². The SMILES string of the molecule is O=C(Nc1nc2c(s1)CCCC2)c1csc(-n2cccc2)n1. The number of fused-ring (bicyclic) bond motifs is 1. The standard InChI is InChI=1S/C15H14N4OS2/c20-13(11-9-21-15(17-11)19-7-3-4-8-19)18-14-16-10-5-1-2-6-12(10)22-14/h3-4,7-9H,1-2,5-6H2,(H,16,18,20). The van der Waals surface area contributed by atoms with Crippen molar-refractivity contribution >= 4 is 33.7 Å². The van der Waals surface area contributed by atoms with Gasteiger partial charge in [-0.1, -0.05) is 0 Å². The Morgan fingerprint density at radius 2 is 2.00 bits per heavy atom. The highest BCUT2D eigenvalue weighted by Crippen LogP contribution is 2.29. The second-order valence-corrected chi connectivity index (χ2v) is 7.08. The summed E-state index contributed by atoms with van der Waals surface area (Å²) >= 11 is 3.04. The molecule has 3 heterocycles. The Bertz CT molecular complexity index is 780. The maximum absolute atomic E-state index is 12.3. The summed E-state index contributed by atoms with van der Waals surface area (Å²) in [5.41, 5.74) is 1.58. The van der Waals surface area contributed by atoms with Crippen LogP contribution < -0.4 is 5.32 Å². The molecular weight excluding hydrogens is 316 g/mol. The number of thiazole rings is 2. The van der Waals surface area contributed by atoms with Gasteiger partial charge in [0.25, 0.3) is 5.91 Å². The van der Waals surface area contributed by atoms with Crippen LogP contribution in [0.15, 0.2) is 29.9 Å². The van der Waals surface area contributed by atoms with Crippen LogP contribution in [0.25, 0.3) is 5.13 Å². The van der Waals surface area contributed by atoms with Crippen LogP contribution in [0.1, 0.15) is 33.9 Å². The van der Waals surface area contributed by atoms with Crippen molar-refractivity contribution in [2.75, 3.05) is 5.32 Å². The maximum Gasteiger partial charge on any atom is 0.276 e. The molecule has 3 aromatic heterocycles. The lowest BCUT2D eigenvalue weighted by Crippen LogP contribution is -2.12. The molecule has 1 amide bonds. The normalized spacial score (nSPS) is 13.8. The van der Waals surface area contributed by atoms with Crippen molar-refractivity contribution in [1.82, 2.24) is 14.5 Å². The molecule has 0 aliphatic heterocycles. The fourth-order valence-electron chi connectivity index (χ4n) is 2.52. The number of nitrogens with one attached hydrogen (secondary N) is 1. The number of carbonyl (C=O) groups is 1. The van der Waals surface area contributed by atoms with E-state index in [1.165, 1.54) is 29.1 Å². The lowest BCUT2D eigenvalue weighted by Gasteiger charge is -2.06. The van der Waals surface area contributed by atoms with Crippen LogP contribution in [0.2, 0.25) is 0 Å². The fourth-order valence-corrected chi connectivity index (χ4v) is 4.33. The molecular formula is C15H14N4OS2. The molecule has 0 saturated carbocycles. The Morgan fingerprint density at radius 1 is 1.18 bits per heavy atom. The van der Waals surface area contributed by atoms with Gasteiger partial charge in [0.2, 0.25) is 0 Å². The van der Waals surface area contributed by atoms with Crippen LogP contribution >= 0.6 is 22.7 Å². The van der Waals surface area contributed by atoms with Crippen molar-refractivity contribution in [3.05, 3.63) is 46.2 Å². The van der Waals surface area contributed by atoms with E-state index in [-0.39, 0.29) is 5.91 Å². The van der Waals surface area contributed by atoms with E-state index in [1.807, 2.05) is 29.1 Å². The average molecular weight is 330 g/mol. The largest absolute Gasteiger partial charge is 0.300 e. The number of aryl methyl sites for hydroxylation is 2. The summed E-state index contributed by atoms with van der Waals surface area (Å²) in [5, 5.41) is 6.13. The van der Waals surface area contributed by atoms with Crippen LogP contribution in [0.5, 0.6) is 0 Å². The zero-order chi connectivity index (χ0) is 14.9. The summed E-state index contributed by atoms with van der Waals surface area (Å²) in [7, 11) is 0. The van der Waals surface area contributed by atoms with Crippen LogP contribution in [0, 0.1) is 0 Å². The Labute approximate surface area is 135 Å². The number of rotatable bonds is 3. The fraction of sp³-hybridized carbons (Fsp3) is 0.267. The van der Waals surface area contributed by atoms with Crippen molar-refractivity contribution in [1.29, 1.82) is 0 Å². The van der Waals surface area contributed by atoms with E-state index >= 15 is 0 Å². The lowest BCUT2D eigenvalue weighted by atomic mass is 10.0. The van der Waals surface area contributed by atoms with E-state index in [0.29, 0.717) is 10.8 Å². The van der Waals surface area contributed by atoms with E-state index in [9.17, 15) is 4.79 Å². The zero-order valence-corrected chi connectivity index (χ0v) is 13.4. The van der Waals surface area contributed by atoms with Crippen molar-refractivity contribution in [2.24, 2.45) is 0 Å². The second kappa shape index (κ2) is 5.66. The molecule has 1 N–H and O–H groups in total. The van der Waals surface area contributed by atoms with Gasteiger partial charge in [0.05, 0.1) is 5.69 Å². The Morgan fingerprint density at radius 3 is 2.82 bits per heavy atom. The summed E-state index contributed by atoms with van der Waals surface area (Å²) < 4.78 is 1.89. The molecule has 7 heteroatoms. The van der Waals surface area contributed by atoms with Gasteiger partial charge in [-0.2, -0.15) is 0 Å². The number of carbonyl (C=O) groups excluding carboxylic acids is 1. The Kier molecular flexibility index (Phi) is 3.51. The first-order valence-corrected chi connectivity index (χ1v) is 8.88. The predicted octanol–water partition coefficient (Wildman–Crippen LogP) is 3.52. The van der Waals surface area contributed by atoms with Crippen molar-refractivity contribution in [2.45, 2.75) is 25.7 Å². The van der Waals surface area contributed by atoms with Gasteiger partial charge in [-0.25, -0.2) is 9.97 Å². The van der Waals surface area contributed by atoms with Crippen molar-refractivity contribution in [3.63, 3.8) is 0 Å². The Balaban J connectivity index is 1.51. The van der Waals surface area contributed by atoms with E-state index in [1.54, 1.807) is 16.7 Å². The van der Waals surface area contributed by atoms with Gasteiger partial charge in [-0.15, -0.1) is 22.7 Å². The third-order valence-corrected chi connectivity index (χ3v) is 5.54. The molecule has 22 heavy (non-hydrogen) atoms. The number of aromatic nitrogens is 3. The van der Waals surface area contributed by atoms with Crippen LogP contribution in [-0.2, 0) is 12.8 Å². The summed E-state index contributed by atoms with van der Waals surface area (Å²) in [6, 6.07) is 3.86. The molecule has 112 valence electrons. The van der Waals surface area contributed by atoms with E-state index in [0.717, 1.165) is 23.7 Å². The van der Waals surface area contributed by atoms with Gasteiger partial charge >= 0.3 is 0 Å². The van der Waals surface area contributed by atoms with Crippen LogP contribution in [0.3, 0.4) is 0 Å². The summed E-state index contributed by atoms with van der Waals surface area (Å²) in [5.74, 6) is -0.194. The second-order valence-electron chi connectivity index (χ2n) is 5.16. The number of nitrogens with zero attached hydrogens (tertiary/aromatic N) is 3. The molecule has 0 radical (unpaired) electrons. The third-order valence-electron chi connectivity index (χ3n) is 3.62. The third kappa shape index (κ3) is 2.57. The molecule has 1 aliphatic carbocycles. The molecule has 0 spiro atoms. The van der Waals surface area contributed by atoms with E-state index < -0.39 is 0 Å². The average Bonchev–Trinajstić information content (AvgIpc) is 3.26. The van der Waals surface area contributed by atoms with E-state index in [4.69, 9.17) is 0 Å². The van der Waals surface area contributed by atoms with Gasteiger partial charge in [0.1, 0.15) is 5.69 Å². The quantitative estimate of drug-likeness (QED) is 0.799. The van der Waals surface area contributed by atoms with Crippen LogP contribution in [-0.4, -0.2) is 20.4 Å². The first-order chi connectivity index (χ1) is 10.8. The highest BCUT2D eigenvalue weighted by atomic mass is 32.1. The predicted molar refractivity (Wildman–Crippen MR) is 88.2 cm³/mol. The van der Waals surface area contributed by atoms with Crippen molar-refractivity contribution < 1.29 is 4.79 Å². The molecule has 0 fully saturated rings. The first kappa shape index (κ1) is 13.7. The number of hydrogen-bond donors (Lipinski definition) is 1. The topological polar surface area (TPSA) is 59.8 Å². The molecule has 0 atom stereocenters. The number of anilines is 1. The highest BCUT2D eigenvalue weighted by Gasteiger charge is 2.18. The minimum atomic E-state index is -0.194. The molecule has 0 aromatic carbocycles. The Hall–Kier alpha value is -1.99. The molecule has 3 aromatic rings. The molecule has 5 nitrogen and oxygen atoms in total. The van der Waals surface area contributed by atoms with Gasteiger partial charge < -0.3 is 4.57 Å². The van der Waals surface area contributed by atoms with Gasteiger partial charge in [0.15, 0.2) is 10.3 Å². The minimum Gasteiger partial charge on any atom is -0.300 e. The first-order valence-electron chi connectivity index (χ1n) is 7.18. The molecule has 0 unspecified atom stereocenters. The van der Waals surface area contributed by atoms with Gasteiger partial charge in [-0.05, 0) is 37.8 Å². The molecule has 0 saturated heterocycles. The maximum atomic E-state index is 12.3. The summed E-state index contributed by atoms with van der Waals surface area (Å²) in [4.78, 5) is 22.5. The number of hydrogen-bond acceptors (Lipinski definition) is 5. The number of amides is 1. The van der Waals surface area contributed by atoms with Gasteiger partial charge in [-0.3, -0.25) is 10.1 Å². The van der Waals surface area contributed by atoms with Crippen molar-refractivity contribution in [3.8, 4) is 5.13 Å². The van der Waals surface area contributed by atoms with Crippen LogP contribution in [0.4, 0.5) is 5.13 Å². The smallest absolute Gasteiger partial charge is 0.276 e. The zero-order valence-electron chi connectivity index (χ0n) is 11.8. The molecule has 0 bridgehead atoms.